The van der Waals surface area contributed by atoms with Crippen LogP contribution in [0, 0.1) is 21.4 Å². The number of carbonyl (C=O) groups is 3. The van der Waals surface area contributed by atoms with Crippen LogP contribution in [0.2, 0.25) is 0 Å². The van der Waals surface area contributed by atoms with Crippen LogP contribution in [0.15, 0.2) is 214 Å². The van der Waals surface area contributed by atoms with E-state index in [9.17, 15) is 14.4 Å². The van der Waals surface area contributed by atoms with Crippen LogP contribution in [-0.2, 0) is 41.7 Å². The van der Waals surface area contributed by atoms with E-state index in [1.807, 2.05) is 0 Å². The molecule has 0 aliphatic heterocycles. The maximum atomic E-state index is 12.6. The summed E-state index contributed by atoms with van der Waals surface area (Å²) in [6.07, 6.45) is 4.47. The van der Waals surface area contributed by atoms with Gasteiger partial charge in [0.1, 0.15) is 0 Å². The van der Waals surface area contributed by atoms with Crippen LogP contribution in [-0.4, -0.2) is 17.9 Å². The van der Waals surface area contributed by atoms with Crippen molar-refractivity contribution in [2.45, 2.75) is 157 Å². The van der Waals surface area contributed by atoms with Crippen LogP contribution in [0.25, 0.3) is 0 Å². The molecular weight excluding hydrogens is 1430 g/mol. The molecule has 3 heterocycles. The first-order chi connectivity index (χ1) is 40.7. The summed E-state index contributed by atoms with van der Waals surface area (Å²) < 4.78 is 40.4. The van der Waals surface area contributed by atoms with Gasteiger partial charge in [0.15, 0.2) is 0 Å². The van der Waals surface area contributed by atoms with E-state index in [-0.39, 0.29) is 49.8 Å². The maximum absolute atomic E-state index is 12.6. The van der Waals surface area contributed by atoms with E-state index in [1.54, 1.807) is 36.4 Å². The van der Waals surface area contributed by atoms with Crippen molar-refractivity contribution in [3.05, 3.63) is 273 Å². The summed E-state index contributed by atoms with van der Waals surface area (Å²) in [6.45, 7) is 39.5. The third-order valence-electron chi connectivity index (χ3n) is 14.1. The number of furan rings is 3. The van der Waals surface area contributed by atoms with Crippen LogP contribution >= 0.6 is 60.7 Å². The van der Waals surface area contributed by atoms with Gasteiger partial charge in [-0.15, -0.1) is 0 Å². The summed E-state index contributed by atoms with van der Waals surface area (Å²) in [5.41, 5.74) is 8.05. The molecule has 0 N–H and O–H groups in total. The van der Waals surface area contributed by atoms with Crippen molar-refractivity contribution in [1.82, 2.24) is 0 Å². The van der Waals surface area contributed by atoms with Crippen molar-refractivity contribution < 1.29 is 36.8 Å². The van der Waals surface area contributed by atoms with Gasteiger partial charge in [0.2, 0.25) is 0 Å². The number of carbonyl (C=O) groups excluding carboxylic acids is 3. The average Bonchev–Trinajstić information content (AvgIpc) is 3.57. The summed E-state index contributed by atoms with van der Waals surface area (Å²) in [7, 11) is 0. The topological polar surface area (TPSA) is 118 Å². The third kappa shape index (κ3) is 19.1. The second kappa shape index (κ2) is 28.5. The molecule has 0 fully saturated rings. The Balaban J connectivity index is 0.000000186. The first-order valence-electron chi connectivity index (χ1n) is 29.2. The van der Waals surface area contributed by atoms with E-state index in [0.29, 0.717) is 0 Å². The van der Waals surface area contributed by atoms with Gasteiger partial charge in [0.05, 0.1) is 0 Å². The van der Waals surface area contributed by atoms with Gasteiger partial charge in [-0.1, -0.05) is 0 Å². The van der Waals surface area contributed by atoms with Crippen molar-refractivity contribution >= 4 is 78.6 Å². The summed E-state index contributed by atoms with van der Waals surface area (Å²) >= 11 is -7.29. The van der Waals surface area contributed by atoms with Gasteiger partial charge in [0.25, 0.3) is 0 Å². The molecule has 6 aromatic carbocycles. The molecule has 9 rings (SSSR count). The van der Waals surface area contributed by atoms with E-state index in [0.717, 1.165) is 21.4 Å². The molecule has 9 aromatic rings. The quantitative estimate of drug-likeness (QED) is 0.110. The molecule has 0 atom stereocenters. The Morgan fingerprint density at radius 1 is 0.253 bits per heavy atom. The van der Waals surface area contributed by atoms with Crippen LogP contribution in [0.5, 0.6) is 0 Å². The van der Waals surface area contributed by atoms with Crippen LogP contribution in [0.3, 0.4) is 0 Å². The van der Waals surface area contributed by atoms with Crippen molar-refractivity contribution in [3.63, 3.8) is 0 Å². The predicted molar refractivity (Wildman–Crippen MR) is 377 cm³/mol. The molecule has 0 amide bonds. The zero-order chi connectivity index (χ0) is 63.7. The fraction of sp³-hybridized carbons (Fsp3) is 0.320. The number of halogens is 3. The van der Waals surface area contributed by atoms with Crippen molar-refractivity contribution in [1.29, 1.82) is 0 Å². The van der Waals surface area contributed by atoms with Crippen molar-refractivity contribution in [2.24, 2.45) is 0 Å². The Labute approximate surface area is 540 Å². The molecule has 0 bridgehead atoms. The van der Waals surface area contributed by atoms with Gasteiger partial charge in [-0.3, -0.25) is 0 Å². The molecule has 3 aromatic heterocycles. The van der Waals surface area contributed by atoms with E-state index in [2.05, 4.69) is 270 Å². The van der Waals surface area contributed by atoms with Crippen molar-refractivity contribution in [3.8, 4) is 0 Å². The Morgan fingerprint density at radius 3 is 0.517 bits per heavy atom. The molecule has 87 heavy (non-hydrogen) atoms. The number of hydrogen-bond donors (Lipinski definition) is 0. The molecule has 12 heteroatoms. The fourth-order valence-electron chi connectivity index (χ4n) is 8.54. The van der Waals surface area contributed by atoms with Crippen LogP contribution in [0.1, 0.15) is 190 Å². The minimum atomic E-state index is -2.43. The summed E-state index contributed by atoms with van der Waals surface area (Å²) in [4.78, 5) is 37.9. The Bertz CT molecular complexity index is 3040. The first-order valence-corrected chi connectivity index (χ1v) is 38.3. The summed E-state index contributed by atoms with van der Waals surface area (Å²) in [5, 5.41) is 0. The minimum absolute atomic E-state index is 0.0801. The molecule has 0 aliphatic carbocycles. The number of hydrogen-bond acceptors (Lipinski definition) is 9. The molecule has 0 unspecified atom stereocenters. The molecule has 0 saturated heterocycles. The Morgan fingerprint density at radius 2 is 0.402 bits per heavy atom. The number of rotatable bonds is 12. The summed E-state index contributed by atoms with van der Waals surface area (Å²) in [5.74, 6) is -0.486. The normalized spacial score (nSPS) is 12.6. The van der Waals surface area contributed by atoms with Crippen LogP contribution < -0.4 is 0 Å². The third-order valence-corrected chi connectivity index (χ3v) is 27.7. The molecule has 0 radical (unpaired) electrons. The van der Waals surface area contributed by atoms with Gasteiger partial charge in [0, 0.05) is 0 Å². The van der Waals surface area contributed by atoms with E-state index in [1.165, 1.54) is 52.2 Å². The Kier molecular flexibility index (Phi) is 22.4. The standard InChI is InChI=1S/3C25H29IO3/c3*1-24(2,3)18-9-13-20(14-10-18)26(29-23(27)22-8-7-17-28-22)21-15-11-19(12-16-21)25(4,5)6/h3*7-17H,1-6H3. The summed E-state index contributed by atoms with van der Waals surface area (Å²) in [6, 6.07) is 61.1. The molecular formula is C75H87I3O9. The Hall–Kier alpha value is -6.24. The molecule has 462 valence electrons. The van der Waals surface area contributed by atoms with Crippen molar-refractivity contribution in [2.75, 3.05) is 0 Å². The zero-order valence-corrected chi connectivity index (χ0v) is 60.3. The van der Waals surface area contributed by atoms with Gasteiger partial charge in [-0.05, 0) is 0 Å². The fourth-order valence-corrected chi connectivity index (χ4v) is 20.2. The van der Waals surface area contributed by atoms with E-state index in [4.69, 9.17) is 22.5 Å². The van der Waals surface area contributed by atoms with E-state index < -0.39 is 78.6 Å². The monoisotopic (exact) mass is 1510 g/mol. The average molecular weight is 1510 g/mol. The zero-order valence-electron chi connectivity index (χ0n) is 53.9. The van der Waals surface area contributed by atoms with Gasteiger partial charge < -0.3 is 0 Å². The van der Waals surface area contributed by atoms with Crippen LogP contribution in [0.4, 0.5) is 0 Å². The number of benzene rings is 6. The molecule has 0 saturated carbocycles. The van der Waals surface area contributed by atoms with Gasteiger partial charge >= 0.3 is 545 Å². The van der Waals surface area contributed by atoms with E-state index >= 15 is 0 Å². The first kappa shape index (κ1) is 68.3. The second-order valence-electron chi connectivity index (χ2n) is 27.3. The van der Waals surface area contributed by atoms with Gasteiger partial charge in [-0.25, -0.2) is 0 Å². The molecule has 0 spiro atoms. The second-order valence-corrected chi connectivity index (χ2v) is 40.4. The predicted octanol–water partition coefficient (Wildman–Crippen LogP) is 21.6. The van der Waals surface area contributed by atoms with Gasteiger partial charge in [-0.2, -0.15) is 0 Å². The SMILES string of the molecule is CC(C)(C)c1ccc(I(OC(=O)c2ccco2)c2ccc(C(C)(C)C)cc2)cc1.CC(C)(C)c1ccc(I(OC(=O)c2ccco2)c2ccc(C(C)(C)C)cc2)cc1.CC(C)(C)c1ccc(I(OC(=O)c2ccco2)c2ccc(C(C)(C)C)cc2)cc1. The molecule has 0 aliphatic rings. The molecule has 9 nitrogen and oxygen atoms in total.